The van der Waals surface area contributed by atoms with Gasteiger partial charge in [0.15, 0.2) is 11.5 Å². The third kappa shape index (κ3) is 1.82. The standard InChI is InChI=1S/C8H3F2NO6/c9-8(10)16-5-1-3(7(12)13)4(11(14)15)2-6(5)17-8/h1-2H,(H,12,13). The molecule has 1 aliphatic rings. The summed E-state index contributed by atoms with van der Waals surface area (Å²) in [7, 11) is 0. The van der Waals surface area contributed by atoms with Crippen LogP contribution in [0.1, 0.15) is 10.4 Å². The Kier molecular flexibility index (Phi) is 2.12. The number of hydrogen-bond acceptors (Lipinski definition) is 5. The summed E-state index contributed by atoms with van der Waals surface area (Å²) < 4.78 is 33.2. The number of carbonyl (C=O) groups is 1. The van der Waals surface area contributed by atoms with E-state index in [1.807, 2.05) is 0 Å². The van der Waals surface area contributed by atoms with Gasteiger partial charge in [0, 0.05) is 6.07 Å². The molecule has 1 aromatic carbocycles. The van der Waals surface area contributed by atoms with Crippen molar-refractivity contribution in [3.63, 3.8) is 0 Å². The van der Waals surface area contributed by atoms with Crippen molar-refractivity contribution in [3.8, 4) is 11.5 Å². The van der Waals surface area contributed by atoms with Crippen LogP contribution in [0.3, 0.4) is 0 Å². The number of alkyl halides is 2. The van der Waals surface area contributed by atoms with Crippen LogP contribution in [0.25, 0.3) is 0 Å². The highest BCUT2D eigenvalue weighted by Gasteiger charge is 2.45. The van der Waals surface area contributed by atoms with E-state index in [4.69, 9.17) is 5.11 Å². The molecule has 0 spiro atoms. The van der Waals surface area contributed by atoms with Crippen LogP contribution in [0, 0.1) is 10.1 Å². The molecule has 0 amide bonds. The molecule has 1 N–H and O–H groups in total. The number of hydrogen-bond donors (Lipinski definition) is 1. The largest absolute Gasteiger partial charge is 0.586 e. The molecule has 1 heterocycles. The van der Waals surface area contributed by atoms with Crippen molar-refractivity contribution in [2.75, 3.05) is 0 Å². The molecule has 0 fully saturated rings. The first-order valence-corrected chi connectivity index (χ1v) is 4.12. The number of nitro benzene ring substituents is 1. The minimum Gasteiger partial charge on any atom is -0.477 e. The number of carboxylic acids is 1. The van der Waals surface area contributed by atoms with Gasteiger partial charge in [-0.2, -0.15) is 0 Å². The summed E-state index contributed by atoms with van der Waals surface area (Å²) in [6.45, 7) is 0. The molecular weight excluding hydrogens is 244 g/mol. The second kappa shape index (κ2) is 3.27. The molecular formula is C8H3F2NO6. The Morgan fingerprint density at radius 3 is 2.35 bits per heavy atom. The number of nitrogens with zero attached hydrogens (tertiary/aromatic N) is 1. The molecule has 9 heteroatoms. The SMILES string of the molecule is O=C(O)c1cc2c(cc1[N+](=O)[O-])OC(F)(F)O2. The number of fused-ring (bicyclic) bond motifs is 1. The van der Waals surface area contributed by atoms with Gasteiger partial charge in [-0.05, 0) is 0 Å². The fourth-order valence-corrected chi connectivity index (χ4v) is 1.31. The van der Waals surface area contributed by atoms with Gasteiger partial charge in [-0.15, -0.1) is 8.78 Å². The Bertz CT molecular complexity index is 484. The molecule has 17 heavy (non-hydrogen) atoms. The summed E-state index contributed by atoms with van der Waals surface area (Å²) in [6.07, 6.45) is -3.95. The lowest BCUT2D eigenvalue weighted by Gasteiger charge is -2.04. The molecule has 0 radical (unpaired) electrons. The second-order valence-electron chi connectivity index (χ2n) is 3.05. The number of halogens is 2. The quantitative estimate of drug-likeness (QED) is 0.629. The van der Waals surface area contributed by atoms with Crippen LogP contribution < -0.4 is 9.47 Å². The Morgan fingerprint density at radius 1 is 1.35 bits per heavy atom. The van der Waals surface area contributed by atoms with Gasteiger partial charge in [0.2, 0.25) is 0 Å². The molecule has 2 rings (SSSR count). The van der Waals surface area contributed by atoms with Crippen molar-refractivity contribution in [1.82, 2.24) is 0 Å². The van der Waals surface area contributed by atoms with Gasteiger partial charge in [0.1, 0.15) is 5.56 Å². The van der Waals surface area contributed by atoms with Crippen LogP contribution in [0.15, 0.2) is 12.1 Å². The molecule has 0 aromatic heterocycles. The van der Waals surface area contributed by atoms with E-state index in [1.165, 1.54) is 0 Å². The van der Waals surface area contributed by atoms with Gasteiger partial charge >= 0.3 is 12.3 Å². The highest BCUT2D eigenvalue weighted by molar-refractivity contribution is 5.93. The van der Waals surface area contributed by atoms with Gasteiger partial charge in [-0.3, -0.25) is 10.1 Å². The van der Waals surface area contributed by atoms with E-state index in [0.717, 1.165) is 0 Å². The molecule has 0 unspecified atom stereocenters. The van der Waals surface area contributed by atoms with Crippen molar-refractivity contribution < 1.29 is 33.1 Å². The van der Waals surface area contributed by atoms with Crippen LogP contribution >= 0.6 is 0 Å². The van der Waals surface area contributed by atoms with E-state index in [2.05, 4.69) is 9.47 Å². The summed E-state index contributed by atoms with van der Waals surface area (Å²) in [5.41, 5.74) is -1.60. The minimum atomic E-state index is -3.95. The minimum absolute atomic E-state index is 0.557. The normalized spacial score (nSPS) is 15.6. The van der Waals surface area contributed by atoms with Crippen LogP contribution in [0.2, 0.25) is 0 Å². The molecule has 7 nitrogen and oxygen atoms in total. The van der Waals surface area contributed by atoms with E-state index in [1.54, 1.807) is 0 Å². The summed E-state index contributed by atoms with van der Waals surface area (Å²) >= 11 is 0. The van der Waals surface area contributed by atoms with Crippen molar-refractivity contribution >= 4 is 11.7 Å². The third-order valence-electron chi connectivity index (χ3n) is 1.95. The average molecular weight is 247 g/mol. The Balaban J connectivity index is 2.58. The maximum absolute atomic E-state index is 12.6. The molecule has 0 bridgehead atoms. The molecule has 0 aliphatic carbocycles. The smallest absolute Gasteiger partial charge is 0.477 e. The van der Waals surface area contributed by atoms with E-state index in [9.17, 15) is 23.7 Å². The first-order valence-electron chi connectivity index (χ1n) is 4.12. The molecule has 1 aromatic rings. The van der Waals surface area contributed by atoms with E-state index < -0.39 is 39.9 Å². The number of carboxylic acid groups (broad SMARTS) is 1. The van der Waals surface area contributed by atoms with Gasteiger partial charge in [0.05, 0.1) is 11.0 Å². The zero-order valence-electron chi connectivity index (χ0n) is 7.85. The Labute approximate surface area is 91.3 Å². The van der Waals surface area contributed by atoms with Crippen molar-refractivity contribution in [2.24, 2.45) is 0 Å². The number of nitro groups is 1. The van der Waals surface area contributed by atoms with E-state index >= 15 is 0 Å². The van der Waals surface area contributed by atoms with Crippen molar-refractivity contribution in [1.29, 1.82) is 0 Å². The van der Waals surface area contributed by atoms with Gasteiger partial charge in [-0.25, -0.2) is 4.79 Å². The number of ether oxygens (including phenoxy) is 2. The maximum atomic E-state index is 12.6. The molecule has 0 saturated heterocycles. The summed E-state index contributed by atoms with van der Waals surface area (Å²) in [5.74, 6) is -2.76. The van der Waals surface area contributed by atoms with Crippen molar-refractivity contribution in [2.45, 2.75) is 6.29 Å². The molecule has 90 valence electrons. The summed E-state index contributed by atoms with van der Waals surface area (Å²) in [6, 6.07) is 1.20. The van der Waals surface area contributed by atoms with Gasteiger partial charge in [-0.1, -0.05) is 0 Å². The highest BCUT2D eigenvalue weighted by atomic mass is 19.3. The first-order chi connectivity index (χ1) is 7.80. The predicted molar refractivity (Wildman–Crippen MR) is 46.3 cm³/mol. The Hall–Kier alpha value is -2.45. The van der Waals surface area contributed by atoms with Crippen LogP contribution in [-0.2, 0) is 0 Å². The zero-order valence-corrected chi connectivity index (χ0v) is 7.85. The number of aromatic carboxylic acids is 1. The topological polar surface area (TPSA) is 98.9 Å². The average Bonchev–Trinajstić information content (AvgIpc) is 2.48. The maximum Gasteiger partial charge on any atom is 0.586 e. The lowest BCUT2D eigenvalue weighted by Crippen LogP contribution is -2.25. The molecule has 0 atom stereocenters. The van der Waals surface area contributed by atoms with Crippen LogP contribution in [-0.4, -0.2) is 22.3 Å². The molecule has 0 saturated carbocycles. The summed E-state index contributed by atoms with van der Waals surface area (Å²) in [4.78, 5) is 20.2. The van der Waals surface area contributed by atoms with Crippen LogP contribution in [0.4, 0.5) is 14.5 Å². The predicted octanol–water partition coefficient (Wildman–Crippen LogP) is 1.61. The molecule has 1 aliphatic heterocycles. The van der Waals surface area contributed by atoms with Crippen LogP contribution in [0.5, 0.6) is 11.5 Å². The lowest BCUT2D eigenvalue weighted by atomic mass is 10.1. The van der Waals surface area contributed by atoms with E-state index in [-0.39, 0.29) is 0 Å². The highest BCUT2D eigenvalue weighted by Crippen LogP contribution is 2.44. The third-order valence-corrected chi connectivity index (χ3v) is 1.95. The fourth-order valence-electron chi connectivity index (χ4n) is 1.31. The van der Waals surface area contributed by atoms with Gasteiger partial charge < -0.3 is 14.6 Å². The summed E-state index contributed by atoms with van der Waals surface area (Å²) in [5, 5.41) is 19.2. The number of rotatable bonds is 2. The van der Waals surface area contributed by atoms with Gasteiger partial charge in [0.25, 0.3) is 5.69 Å². The fraction of sp³-hybridized carbons (Fsp3) is 0.125. The monoisotopic (exact) mass is 247 g/mol. The van der Waals surface area contributed by atoms with E-state index in [0.29, 0.717) is 12.1 Å². The lowest BCUT2D eigenvalue weighted by molar-refractivity contribution is -0.385. The zero-order chi connectivity index (χ0) is 12.8. The Morgan fingerprint density at radius 2 is 1.88 bits per heavy atom. The first kappa shape index (κ1) is 11.0. The van der Waals surface area contributed by atoms with Crippen molar-refractivity contribution in [3.05, 3.63) is 27.8 Å². The number of benzene rings is 1. The second-order valence-corrected chi connectivity index (χ2v) is 3.05.